The van der Waals surface area contributed by atoms with Gasteiger partial charge in [-0.1, -0.05) is 77.6 Å². The zero-order valence-corrected chi connectivity index (χ0v) is 14.8. The highest BCUT2D eigenvalue weighted by atomic mass is 16.3. The number of rotatable bonds is 15. The van der Waals surface area contributed by atoms with Gasteiger partial charge in [-0.3, -0.25) is 0 Å². The molecule has 0 aromatic rings. The molecule has 0 bridgehead atoms. The molecule has 0 unspecified atom stereocenters. The van der Waals surface area contributed by atoms with E-state index < -0.39 is 0 Å². The molecule has 3 nitrogen and oxygen atoms in total. The van der Waals surface area contributed by atoms with Crippen LogP contribution in [0.15, 0.2) is 12.4 Å². The second-order valence-corrected chi connectivity index (χ2v) is 6.68. The molecule has 1 aliphatic heterocycles. The standard InChI is InChI=1S/C19H38N2O/c1-2-3-4-5-6-7-8-9-10-11-12-13-14-20-15-16-21(19-20)17-18-22/h15-16,22H,2-14,17-19H2,1H3. The van der Waals surface area contributed by atoms with E-state index >= 15 is 0 Å². The lowest BCUT2D eigenvalue weighted by molar-refractivity contribution is 0.204. The van der Waals surface area contributed by atoms with Crippen molar-refractivity contribution in [2.75, 3.05) is 26.4 Å². The van der Waals surface area contributed by atoms with Crippen LogP contribution in [0.25, 0.3) is 0 Å². The van der Waals surface area contributed by atoms with Gasteiger partial charge in [0, 0.05) is 25.5 Å². The minimum absolute atomic E-state index is 0.247. The Balaban J connectivity index is 1.76. The summed E-state index contributed by atoms with van der Waals surface area (Å²) >= 11 is 0. The Labute approximate surface area is 138 Å². The second-order valence-electron chi connectivity index (χ2n) is 6.68. The van der Waals surface area contributed by atoms with Gasteiger partial charge in [-0.25, -0.2) is 0 Å². The summed E-state index contributed by atoms with van der Waals surface area (Å²) in [7, 11) is 0. The van der Waals surface area contributed by atoms with Gasteiger partial charge in [-0.2, -0.15) is 0 Å². The summed E-state index contributed by atoms with van der Waals surface area (Å²) in [5, 5.41) is 8.91. The topological polar surface area (TPSA) is 26.7 Å². The molecule has 0 radical (unpaired) electrons. The fraction of sp³-hybridized carbons (Fsp3) is 0.895. The van der Waals surface area contributed by atoms with E-state index in [0.29, 0.717) is 0 Å². The van der Waals surface area contributed by atoms with Gasteiger partial charge in [0.25, 0.3) is 0 Å². The van der Waals surface area contributed by atoms with Crippen molar-refractivity contribution < 1.29 is 5.11 Å². The maximum atomic E-state index is 8.91. The van der Waals surface area contributed by atoms with Gasteiger partial charge in [-0.15, -0.1) is 0 Å². The first kappa shape index (κ1) is 19.3. The summed E-state index contributed by atoms with van der Waals surface area (Å²) in [6.07, 6.45) is 21.2. The minimum atomic E-state index is 0.247. The van der Waals surface area contributed by atoms with Gasteiger partial charge in [0.2, 0.25) is 0 Å². The van der Waals surface area contributed by atoms with Crippen LogP contribution in [0.5, 0.6) is 0 Å². The lowest BCUT2D eigenvalue weighted by Gasteiger charge is -2.20. The smallest absolute Gasteiger partial charge is 0.0894 e. The highest BCUT2D eigenvalue weighted by Gasteiger charge is 2.10. The maximum Gasteiger partial charge on any atom is 0.0894 e. The number of aliphatic hydroxyl groups excluding tert-OH is 1. The van der Waals surface area contributed by atoms with Crippen LogP contribution in [0.4, 0.5) is 0 Å². The van der Waals surface area contributed by atoms with Crippen LogP contribution >= 0.6 is 0 Å². The van der Waals surface area contributed by atoms with E-state index in [4.69, 9.17) is 5.11 Å². The lowest BCUT2D eigenvalue weighted by Crippen LogP contribution is -2.27. The van der Waals surface area contributed by atoms with Crippen molar-refractivity contribution in [2.24, 2.45) is 0 Å². The van der Waals surface area contributed by atoms with Crippen LogP contribution in [0.2, 0.25) is 0 Å². The van der Waals surface area contributed by atoms with Crippen LogP contribution in [-0.2, 0) is 0 Å². The molecule has 0 spiro atoms. The molecule has 1 heterocycles. The van der Waals surface area contributed by atoms with Crippen molar-refractivity contribution in [1.29, 1.82) is 0 Å². The third kappa shape index (κ3) is 10.1. The molecular weight excluding hydrogens is 272 g/mol. The molecule has 0 fully saturated rings. The molecule has 0 saturated heterocycles. The molecule has 3 heteroatoms. The highest BCUT2D eigenvalue weighted by Crippen LogP contribution is 2.13. The average Bonchev–Trinajstić information content (AvgIpc) is 2.96. The Hall–Kier alpha value is -0.700. The molecule has 0 aromatic carbocycles. The van der Waals surface area contributed by atoms with Crippen LogP contribution in [0, 0.1) is 0 Å². The summed E-state index contributed by atoms with van der Waals surface area (Å²) < 4.78 is 0. The van der Waals surface area contributed by atoms with Crippen LogP contribution < -0.4 is 0 Å². The molecule has 130 valence electrons. The van der Waals surface area contributed by atoms with E-state index in [1.165, 1.54) is 77.0 Å². The van der Waals surface area contributed by atoms with Gasteiger partial charge < -0.3 is 14.9 Å². The maximum absolute atomic E-state index is 8.91. The average molecular weight is 311 g/mol. The molecule has 1 aliphatic rings. The number of β-amino-alcohol motifs (C(OH)–C–C–N with tert-alkyl or cyclic N) is 1. The van der Waals surface area contributed by atoms with E-state index in [2.05, 4.69) is 29.1 Å². The van der Waals surface area contributed by atoms with Gasteiger partial charge in [-0.05, 0) is 6.42 Å². The first-order chi connectivity index (χ1) is 10.9. The van der Waals surface area contributed by atoms with E-state index in [-0.39, 0.29) is 6.61 Å². The summed E-state index contributed by atoms with van der Waals surface area (Å²) in [6, 6.07) is 0. The Morgan fingerprint density at radius 1 is 0.682 bits per heavy atom. The number of hydrogen-bond acceptors (Lipinski definition) is 3. The van der Waals surface area contributed by atoms with Gasteiger partial charge in [0.05, 0.1) is 13.3 Å². The summed E-state index contributed by atoms with van der Waals surface area (Å²) in [5.74, 6) is 0. The molecule has 1 N–H and O–H groups in total. The van der Waals surface area contributed by atoms with Crippen molar-refractivity contribution in [2.45, 2.75) is 84.0 Å². The molecule has 0 aliphatic carbocycles. The van der Waals surface area contributed by atoms with E-state index in [1.54, 1.807) is 0 Å². The highest BCUT2D eigenvalue weighted by molar-refractivity contribution is 4.90. The fourth-order valence-electron chi connectivity index (χ4n) is 3.09. The van der Waals surface area contributed by atoms with E-state index in [1.807, 2.05) is 0 Å². The molecule has 0 aromatic heterocycles. The third-order valence-corrected chi connectivity index (χ3v) is 4.54. The molecular formula is C19H38N2O. The molecule has 22 heavy (non-hydrogen) atoms. The van der Waals surface area contributed by atoms with Crippen LogP contribution in [0.3, 0.4) is 0 Å². The summed E-state index contributed by atoms with van der Waals surface area (Å²) in [4.78, 5) is 4.52. The van der Waals surface area contributed by atoms with Crippen LogP contribution in [-0.4, -0.2) is 41.3 Å². The normalized spacial score (nSPS) is 14.3. The van der Waals surface area contributed by atoms with E-state index in [0.717, 1.165) is 19.8 Å². The zero-order chi connectivity index (χ0) is 15.9. The number of unbranched alkanes of at least 4 members (excludes halogenated alkanes) is 11. The van der Waals surface area contributed by atoms with Crippen LogP contribution in [0.1, 0.15) is 84.0 Å². The Morgan fingerprint density at radius 2 is 1.14 bits per heavy atom. The van der Waals surface area contributed by atoms with Crippen molar-refractivity contribution in [3.63, 3.8) is 0 Å². The lowest BCUT2D eigenvalue weighted by atomic mass is 10.1. The summed E-state index contributed by atoms with van der Waals surface area (Å²) in [6.45, 7) is 5.40. The quantitative estimate of drug-likeness (QED) is 0.443. The predicted molar refractivity (Wildman–Crippen MR) is 95.6 cm³/mol. The first-order valence-electron chi connectivity index (χ1n) is 9.64. The van der Waals surface area contributed by atoms with Crippen molar-refractivity contribution in [1.82, 2.24) is 9.80 Å². The Bertz CT molecular complexity index is 268. The predicted octanol–water partition coefficient (Wildman–Crippen LogP) is 4.73. The minimum Gasteiger partial charge on any atom is -0.395 e. The summed E-state index contributed by atoms with van der Waals surface area (Å²) in [5.41, 5.74) is 0. The van der Waals surface area contributed by atoms with Gasteiger partial charge in [0.1, 0.15) is 0 Å². The molecule has 0 amide bonds. The zero-order valence-electron chi connectivity index (χ0n) is 14.8. The largest absolute Gasteiger partial charge is 0.395 e. The number of aliphatic hydroxyl groups is 1. The fourth-order valence-corrected chi connectivity index (χ4v) is 3.09. The van der Waals surface area contributed by atoms with E-state index in [9.17, 15) is 0 Å². The van der Waals surface area contributed by atoms with Crippen molar-refractivity contribution in [3.05, 3.63) is 12.4 Å². The number of nitrogens with zero attached hydrogens (tertiary/aromatic N) is 2. The first-order valence-corrected chi connectivity index (χ1v) is 9.64. The molecule has 1 rings (SSSR count). The SMILES string of the molecule is CCCCCCCCCCCCCCN1C=CN(CCO)C1. The van der Waals surface area contributed by atoms with Crippen molar-refractivity contribution >= 4 is 0 Å². The Morgan fingerprint density at radius 3 is 1.64 bits per heavy atom. The number of hydrogen-bond donors (Lipinski definition) is 1. The monoisotopic (exact) mass is 310 g/mol. The Kier molecular flexibility index (Phi) is 12.2. The van der Waals surface area contributed by atoms with Gasteiger partial charge >= 0.3 is 0 Å². The molecule has 0 atom stereocenters. The van der Waals surface area contributed by atoms with Gasteiger partial charge in [0.15, 0.2) is 0 Å². The molecule has 0 saturated carbocycles. The third-order valence-electron chi connectivity index (χ3n) is 4.54. The second kappa shape index (κ2) is 13.9. The van der Waals surface area contributed by atoms with Crippen molar-refractivity contribution in [3.8, 4) is 0 Å².